The van der Waals surface area contributed by atoms with Crippen molar-refractivity contribution in [2.75, 3.05) is 52.5 Å². The van der Waals surface area contributed by atoms with Gasteiger partial charge in [0.05, 0.1) is 23.7 Å². The number of fused-ring (bicyclic) bond motifs is 1. The molecule has 0 unspecified atom stereocenters. The van der Waals surface area contributed by atoms with Crippen LogP contribution in [0.5, 0.6) is 0 Å². The number of ether oxygens (including phenoxy) is 1. The SMILES string of the molecule is Cl.O=C(c1ccccc1S(=O)(=O)N1CCOCC1)N1CC[C@@H]2CNC[C@@H]2CC1. The smallest absolute Gasteiger partial charge is 0.255 e. The largest absolute Gasteiger partial charge is 0.379 e. The van der Waals surface area contributed by atoms with Gasteiger partial charge in [0.25, 0.3) is 5.91 Å². The summed E-state index contributed by atoms with van der Waals surface area (Å²) in [7, 11) is -3.70. The molecule has 1 aromatic rings. The number of nitrogens with zero attached hydrogens (tertiary/aromatic N) is 2. The first-order chi connectivity index (χ1) is 13.1. The molecule has 1 N–H and O–H groups in total. The standard InChI is InChI=1S/C19H27N3O4S.ClH/c23-19(21-7-5-15-13-20-14-16(15)6-8-21)17-3-1-2-4-18(17)27(24,25)22-9-11-26-12-10-22;/h1-4,15-16,20H,5-14H2;1H/t15-,16+;. The molecule has 0 radical (unpaired) electrons. The number of nitrogens with one attached hydrogen (secondary N) is 1. The van der Waals surface area contributed by atoms with Crippen molar-refractivity contribution in [1.82, 2.24) is 14.5 Å². The molecule has 3 fully saturated rings. The van der Waals surface area contributed by atoms with E-state index in [2.05, 4.69) is 5.32 Å². The van der Waals surface area contributed by atoms with E-state index in [4.69, 9.17) is 4.74 Å². The van der Waals surface area contributed by atoms with E-state index in [0.717, 1.165) is 25.9 Å². The lowest BCUT2D eigenvalue weighted by Gasteiger charge is -2.28. The van der Waals surface area contributed by atoms with E-state index < -0.39 is 10.0 Å². The molecule has 0 saturated carbocycles. The summed E-state index contributed by atoms with van der Waals surface area (Å²) in [4.78, 5) is 15.2. The van der Waals surface area contributed by atoms with Crippen LogP contribution in [0.1, 0.15) is 23.2 Å². The van der Waals surface area contributed by atoms with E-state index in [0.29, 0.717) is 51.2 Å². The molecule has 1 amide bonds. The van der Waals surface area contributed by atoms with Gasteiger partial charge in [-0.2, -0.15) is 4.31 Å². The van der Waals surface area contributed by atoms with Gasteiger partial charge in [-0.05, 0) is 49.9 Å². The number of carbonyl (C=O) groups is 1. The molecule has 3 aliphatic rings. The molecular weight excluding hydrogens is 402 g/mol. The van der Waals surface area contributed by atoms with E-state index in [-0.39, 0.29) is 28.8 Å². The van der Waals surface area contributed by atoms with Crippen LogP contribution < -0.4 is 5.32 Å². The molecule has 7 nitrogen and oxygen atoms in total. The predicted molar refractivity (Wildman–Crippen MR) is 108 cm³/mol. The Morgan fingerprint density at radius 3 is 2.25 bits per heavy atom. The van der Waals surface area contributed by atoms with Crippen molar-refractivity contribution in [3.8, 4) is 0 Å². The number of rotatable bonds is 3. The Hall–Kier alpha value is -1.19. The zero-order chi connectivity index (χ0) is 18.9. The van der Waals surface area contributed by atoms with Crippen molar-refractivity contribution >= 4 is 28.3 Å². The topological polar surface area (TPSA) is 79.0 Å². The number of halogens is 1. The number of amides is 1. The van der Waals surface area contributed by atoms with Gasteiger partial charge in [-0.25, -0.2) is 8.42 Å². The molecule has 1 aromatic carbocycles. The van der Waals surface area contributed by atoms with Crippen LogP contribution in [-0.4, -0.2) is 76.0 Å². The van der Waals surface area contributed by atoms with Gasteiger partial charge in [0.1, 0.15) is 0 Å². The first-order valence-electron chi connectivity index (χ1n) is 9.74. The van der Waals surface area contributed by atoms with Gasteiger partial charge in [-0.15, -0.1) is 12.4 Å². The monoisotopic (exact) mass is 429 g/mol. The molecule has 9 heteroatoms. The van der Waals surface area contributed by atoms with E-state index in [1.807, 2.05) is 4.90 Å². The normalized spacial score (nSPS) is 26.2. The summed E-state index contributed by atoms with van der Waals surface area (Å²) >= 11 is 0. The zero-order valence-electron chi connectivity index (χ0n) is 15.9. The Balaban J connectivity index is 0.00000225. The maximum absolute atomic E-state index is 13.2. The summed E-state index contributed by atoms with van der Waals surface area (Å²) < 4.78 is 32.9. The Morgan fingerprint density at radius 2 is 1.61 bits per heavy atom. The van der Waals surface area contributed by atoms with Gasteiger partial charge in [0, 0.05) is 26.2 Å². The quantitative estimate of drug-likeness (QED) is 0.781. The third-order valence-electron chi connectivity index (χ3n) is 6.01. The Kier molecular flexibility index (Phi) is 6.98. The summed E-state index contributed by atoms with van der Waals surface area (Å²) in [5, 5.41) is 3.43. The minimum atomic E-state index is -3.70. The van der Waals surface area contributed by atoms with Crippen LogP contribution in [0.2, 0.25) is 0 Å². The van der Waals surface area contributed by atoms with Crippen LogP contribution >= 0.6 is 12.4 Å². The fourth-order valence-corrected chi connectivity index (χ4v) is 5.98. The second-order valence-electron chi connectivity index (χ2n) is 7.56. The van der Waals surface area contributed by atoms with Crippen molar-refractivity contribution in [3.63, 3.8) is 0 Å². The van der Waals surface area contributed by atoms with Crippen LogP contribution in [0.15, 0.2) is 29.2 Å². The van der Waals surface area contributed by atoms with Crippen LogP contribution in [0.3, 0.4) is 0 Å². The average molecular weight is 430 g/mol. The number of likely N-dealkylation sites (tertiary alicyclic amines) is 1. The van der Waals surface area contributed by atoms with Crippen LogP contribution in [-0.2, 0) is 14.8 Å². The number of hydrogen-bond donors (Lipinski definition) is 1. The molecule has 3 aliphatic heterocycles. The third kappa shape index (κ3) is 4.21. The summed E-state index contributed by atoms with van der Waals surface area (Å²) in [5.41, 5.74) is 0.286. The van der Waals surface area contributed by atoms with Gasteiger partial charge in [-0.1, -0.05) is 12.1 Å². The number of sulfonamides is 1. The molecule has 0 bridgehead atoms. The lowest BCUT2D eigenvalue weighted by atomic mass is 9.92. The van der Waals surface area contributed by atoms with E-state index in [1.54, 1.807) is 24.3 Å². The average Bonchev–Trinajstić information content (AvgIpc) is 3.06. The summed E-state index contributed by atoms with van der Waals surface area (Å²) in [5.74, 6) is 1.07. The predicted octanol–water partition coefficient (Wildman–Crippen LogP) is 1.20. The summed E-state index contributed by atoms with van der Waals surface area (Å²) in [6.45, 7) is 4.84. The molecule has 0 spiro atoms. The second-order valence-corrected chi connectivity index (χ2v) is 9.47. The molecule has 0 aromatic heterocycles. The second kappa shape index (κ2) is 9.09. The first-order valence-corrected chi connectivity index (χ1v) is 11.2. The lowest BCUT2D eigenvalue weighted by Crippen LogP contribution is -2.41. The molecule has 0 aliphatic carbocycles. The van der Waals surface area contributed by atoms with E-state index in [1.165, 1.54) is 4.31 Å². The molecule has 3 saturated heterocycles. The highest BCUT2D eigenvalue weighted by molar-refractivity contribution is 7.89. The Bertz CT molecular complexity index is 784. The Labute approximate surface area is 172 Å². The number of hydrogen-bond acceptors (Lipinski definition) is 5. The fourth-order valence-electron chi connectivity index (χ4n) is 4.39. The number of carbonyl (C=O) groups excluding carboxylic acids is 1. The fraction of sp³-hybridized carbons (Fsp3) is 0.632. The molecule has 28 heavy (non-hydrogen) atoms. The maximum Gasteiger partial charge on any atom is 0.255 e. The summed E-state index contributed by atoms with van der Waals surface area (Å²) in [6.07, 6.45) is 1.95. The van der Waals surface area contributed by atoms with Crippen LogP contribution in [0, 0.1) is 11.8 Å². The van der Waals surface area contributed by atoms with Gasteiger partial charge < -0.3 is 15.0 Å². The summed E-state index contributed by atoms with van der Waals surface area (Å²) in [6, 6.07) is 6.61. The van der Waals surface area contributed by atoms with E-state index in [9.17, 15) is 13.2 Å². The first kappa shape index (κ1) is 21.5. The molecule has 3 heterocycles. The minimum absolute atomic E-state index is 0. The number of benzene rings is 1. The molecular formula is C19H28ClN3O4S. The van der Waals surface area contributed by atoms with Gasteiger partial charge in [0.2, 0.25) is 10.0 Å². The molecule has 156 valence electrons. The highest BCUT2D eigenvalue weighted by atomic mass is 35.5. The highest BCUT2D eigenvalue weighted by Gasteiger charge is 2.34. The number of morpholine rings is 1. The molecule has 4 rings (SSSR count). The van der Waals surface area contributed by atoms with Gasteiger partial charge in [0.15, 0.2) is 0 Å². The van der Waals surface area contributed by atoms with E-state index >= 15 is 0 Å². The minimum Gasteiger partial charge on any atom is -0.379 e. The lowest BCUT2D eigenvalue weighted by molar-refractivity contribution is 0.0725. The van der Waals surface area contributed by atoms with Crippen molar-refractivity contribution in [2.45, 2.75) is 17.7 Å². The van der Waals surface area contributed by atoms with Crippen molar-refractivity contribution in [1.29, 1.82) is 0 Å². The van der Waals surface area contributed by atoms with Gasteiger partial charge >= 0.3 is 0 Å². The van der Waals surface area contributed by atoms with Crippen molar-refractivity contribution < 1.29 is 17.9 Å². The van der Waals surface area contributed by atoms with Crippen molar-refractivity contribution in [2.24, 2.45) is 11.8 Å². The van der Waals surface area contributed by atoms with Crippen molar-refractivity contribution in [3.05, 3.63) is 29.8 Å². The van der Waals surface area contributed by atoms with Gasteiger partial charge in [-0.3, -0.25) is 4.79 Å². The third-order valence-corrected chi connectivity index (χ3v) is 7.97. The Morgan fingerprint density at radius 1 is 1.00 bits per heavy atom. The zero-order valence-corrected chi connectivity index (χ0v) is 17.5. The highest BCUT2D eigenvalue weighted by Crippen LogP contribution is 2.29. The maximum atomic E-state index is 13.2. The van der Waals surface area contributed by atoms with Crippen LogP contribution in [0.4, 0.5) is 0 Å². The molecule has 2 atom stereocenters. The van der Waals surface area contributed by atoms with Crippen LogP contribution in [0.25, 0.3) is 0 Å².